The van der Waals surface area contributed by atoms with E-state index in [1.807, 2.05) is 23.1 Å². The largest absolute Gasteiger partial charge is 0.396 e. The monoisotopic (exact) mass is 355 g/mol. The molecule has 0 unspecified atom stereocenters. The van der Waals surface area contributed by atoms with E-state index in [-0.39, 0.29) is 29.7 Å². The molecule has 0 aromatic heterocycles. The molecule has 2 atom stereocenters. The van der Waals surface area contributed by atoms with Crippen molar-refractivity contribution in [3.63, 3.8) is 0 Å². The van der Waals surface area contributed by atoms with Gasteiger partial charge in [-0.3, -0.25) is 4.79 Å². The maximum atomic E-state index is 13.1. The number of aliphatic hydroxyl groups excluding tert-OH is 1. The molecule has 2 fully saturated rings. The van der Waals surface area contributed by atoms with Crippen molar-refractivity contribution in [1.29, 1.82) is 0 Å². The van der Waals surface area contributed by atoms with Crippen LogP contribution < -0.4 is 0 Å². The molecule has 2 aromatic rings. The van der Waals surface area contributed by atoms with E-state index in [2.05, 4.69) is 0 Å². The fraction of sp³-hybridized carbons (Fsp3) is 0.381. The Morgan fingerprint density at radius 2 is 2.04 bits per heavy atom. The summed E-state index contributed by atoms with van der Waals surface area (Å²) in [6, 6.07) is 13.7. The Bertz CT molecular complexity index is 807. The van der Waals surface area contributed by atoms with E-state index in [1.54, 1.807) is 18.2 Å². The summed E-state index contributed by atoms with van der Waals surface area (Å²) in [4.78, 5) is 14.9. The molecule has 4 rings (SSSR count). The molecule has 0 spiro atoms. The number of aliphatic hydroxyl groups is 1. The zero-order valence-corrected chi connectivity index (χ0v) is 14.5. The summed E-state index contributed by atoms with van der Waals surface area (Å²) in [5.41, 5.74) is 2.13. The molecular weight excluding hydrogens is 333 g/mol. The molecule has 0 aliphatic carbocycles. The predicted octanol–water partition coefficient (Wildman–Crippen LogP) is 2.96. The Hall–Kier alpha value is -2.24. The zero-order chi connectivity index (χ0) is 18.1. The molecule has 26 heavy (non-hydrogen) atoms. The highest BCUT2D eigenvalue weighted by Gasteiger charge is 2.49. The van der Waals surface area contributed by atoms with Crippen molar-refractivity contribution in [2.75, 3.05) is 32.9 Å². The highest BCUT2D eigenvalue weighted by Crippen LogP contribution is 2.42. The molecular formula is C21H22FNO3. The topological polar surface area (TPSA) is 49.8 Å². The maximum Gasteiger partial charge on any atom is 0.253 e. The molecule has 5 heteroatoms. The Balaban J connectivity index is 1.57. The number of hydrogen-bond acceptors (Lipinski definition) is 3. The molecule has 0 bridgehead atoms. The molecule has 2 aliphatic rings. The second kappa shape index (κ2) is 6.82. The number of amides is 1. The second-order valence-corrected chi connectivity index (χ2v) is 7.32. The van der Waals surface area contributed by atoms with E-state index in [0.717, 1.165) is 17.5 Å². The summed E-state index contributed by atoms with van der Waals surface area (Å²) in [6.45, 7) is 2.50. The van der Waals surface area contributed by atoms with Crippen LogP contribution in [0.2, 0.25) is 0 Å². The lowest BCUT2D eigenvalue weighted by atomic mass is 9.75. The van der Waals surface area contributed by atoms with Crippen LogP contribution in [0.4, 0.5) is 4.39 Å². The summed E-state index contributed by atoms with van der Waals surface area (Å²) in [5, 5.41) is 9.91. The zero-order valence-electron chi connectivity index (χ0n) is 14.5. The van der Waals surface area contributed by atoms with Gasteiger partial charge in [0, 0.05) is 36.6 Å². The third-order valence-electron chi connectivity index (χ3n) is 5.77. The molecule has 2 aliphatic heterocycles. The number of hydrogen-bond donors (Lipinski definition) is 1. The van der Waals surface area contributed by atoms with Crippen molar-refractivity contribution in [2.45, 2.75) is 6.42 Å². The number of fused-ring (bicyclic) bond motifs is 1. The highest BCUT2D eigenvalue weighted by molar-refractivity contribution is 5.95. The summed E-state index contributed by atoms with van der Waals surface area (Å²) in [6.07, 6.45) is 0.785. The number of carbonyl (C=O) groups excluding carboxylic acids is 1. The Morgan fingerprint density at radius 3 is 2.77 bits per heavy atom. The van der Waals surface area contributed by atoms with Crippen LogP contribution in [0.1, 0.15) is 16.8 Å². The molecule has 2 heterocycles. The summed E-state index contributed by atoms with van der Waals surface area (Å²) in [5.74, 6) is -0.126. The number of carbonyl (C=O) groups is 1. The van der Waals surface area contributed by atoms with Crippen LogP contribution in [0.3, 0.4) is 0 Å². The van der Waals surface area contributed by atoms with Crippen molar-refractivity contribution in [3.8, 4) is 11.1 Å². The van der Waals surface area contributed by atoms with Gasteiger partial charge in [-0.25, -0.2) is 4.39 Å². The number of likely N-dealkylation sites (tertiary alicyclic amines) is 1. The van der Waals surface area contributed by atoms with E-state index < -0.39 is 0 Å². The van der Waals surface area contributed by atoms with E-state index in [9.17, 15) is 14.3 Å². The van der Waals surface area contributed by atoms with Gasteiger partial charge in [-0.1, -0.05) is 24.3 Å². The highest BCUT2D eigenvalue weighted by atomic mass is 19.1. The molecule has 4 nitrogen and oxygen atoms in total. The quantitative estimate of drug-likeness (QED) is 0.921. The molecule has 0 radical (unpaired) electrons. The Kier molecular flexibility index (Phi) is 4.51. The standard InChI is InChI=1S/C21H22FNO3/c22-19-6-4-15(5-7-19)16-2-1-3-17(10-16)20(25)23-11-18-12-26-9-8-21(18,13-23)14-24/h1-7,10,18,24H,8-9,11-14H2/t18-,21-/m1/s1. The average molecular weight is 355 g/mol. The molecule has 1 amide bonds. The maximum absolute atomic E-state index is 13.1. The van der Waals surface area contributed by atoms with Gasteiger partial charge in [-0.2, -0.15) is 0 Å². The van der Waals surface area contributed by atoms with Crippen LogP contribution in [0.25, 0.3) is 11.1 Å². The average Bonchev–Trinajstić information content (AvgIpc) is 3.08. The van der Waals surface area contributed by atoms with E-state index in [4.69, 9.17) is 4.74 Å². The van der Waals surface area contributed by atoms with Crippen molar-refractivity contribution < 1.29 is 19.0 Å². The van der Waals surface area contributed by atoms with Gasteiger partial charge in [0.2, 0.25) is 0 Å². The first-order valence-electron chi connectivity index (χ1n) is 8.95. The first-order valence-corrected chi connectivity index (χ1v) is 8.95. The van der Waals surface area contributed by atoms with E-state index in [0.29, 0.717) is 31.9 Å². The van der Waals surface area contributed by atoms with Gasteiger partial charge >= 0.3 is 0 Å². The van der Waals surface area contributed by atoms with Crippen molar-refractivity contribution >= 4 is 5.91 Å². The minimum Gasteiger partial charge on any atom is -0.396 e. The van der Waals surface area contributed by atoms with E-state index in [1.165, 1.54) is 12.1 Å². The first-order chi connectivity index (χ1) is 12.6. The van der Waals surface area contributed by atoms with Crippen LogP contribution in [-0.4, -0.2) is 48.8 Å². The van der Waals surface area contributed by atoms with Gasteiger partial charge in [0.15, 0.2) is 0 Å². The smallest absolute Gasteiger partial charge is 0.253 e. The number of halogens is 1. The molecule has 0 saturated carbocycles. The lowest BCUT2D eigenvalue weighted by molar-refractivity contribution is -0.0415. The first kappa shape index (κ1) is 17.2. The van der Waals surface area contributed by atoms with Crippen LogP contribution >= 0.6 is 0 Å². The number of rotatable bonds is 3. The van der Waals surface area contributed by atoms with Crippen molar-refractivity contribution in [3.05, 3.63) is 59.9 Å². The van der Waals surface area contributed by atoms with Crippen LogP contribution in [0, 0.1) is 17.2 Å². The van der Waals surface area contributed by atoms with Gasteiger partial charge in [-0.15, -0.1) is 0 Å². The van der Waals surface area contributed by atoms with Crippen LogP contribution in [0.5, 0.6) is 0 Å². The van der Waals surface area contributed by atoms with Crippen molar-refractivity contribution in [1.82, 2.24) is 4.90 Å². The molecule has 2 saturated heterocycles. The predicted molar refractivity (Wildman–Crippen MR) is 96.2 cm³/mol. The van der Waals surface area contributed by atoms with Gasteiger partial charge in [0.05, 0.1) is 13.2 Å². The summed E-state index contributed by atoms with van der Waals surface area (Å²) < 4.78 is 18.7. The normalized spacial score (nSPS) is 25.2. The lowest BCUT2D eigenvalue weighted by Crippen LogP contribution is -2.41. The lowest BCUT2D eigenvalue weighted by Gasteiger charge is -2.36. The Morgan fingerprint density at radius 1 is 1.23 bits per heavy atom. The van der Waals surface area contributed by atoms with Crippen LogP contribution in [-0.2, 0) is 4.74 Å². The SMILES string of the molecule is O=C(c1cccc(-c2ccc(F)cc2)c1)N1C[C@@H]2COCC[C@]2(CO)C1. The third kappa shape index (κ3) is 3.02. The Labute approximate surface area is 152 Å². The fourth-order valence-corrected chi connectivity index (χ4v) is 4.12. The third-order valence-corrected chi connectivity index (χ3v) is 5.77. The van der Waals surface area contributed by atoms with Gasteiger partial charge in [0.25, 0.3) is 5.91 Å². The van der Waals surface area contributed by atoms with Crippen LogP contribution in [0.15, 0.2) is 48.5 Å². The fourth-order valence-electron chi connectivity index (χ4n) is 4.12. The minimum atomic E-state index is -0.280. The van der Waals surface area contributed by atoms with Gasteiger partial charge < -0.3 is 14.7 Å². The molecule has 136 valence electrons. The molecule has 2 aromatic carbocycles. The summed E-state index contributed by atoms with van der Waals surface area (Å²) in [7, 11) is 0. The van der Waals surface area contributed by atoms with Crippen molar-refractivity contribution in [2.24, 2.45) is 11.3 Å². The van der Waals surface area contributed by atoms with E-state index >= 15 is 0 Å². The summed E-state index contributed by atoms with van der Waals surface area (Å²) >= 11 is 0. The number of nitrogens with zero attached hydrogens (tertiary/aromatic N) is 1. The number of ether oxygens (including phenoxy) is 1. The second-order valence-electron chi connectivity index (χ2n) is 7.32. The van der Waals surface area contributed by atoms with Gasteiger partial charge in [-0.05, 0) is 41.8 Å². The van der Waals surface area contributed by atoms with Gasteiger partial charge in [0.1, 0.15) is 5.82 Å². The minimum absolute atomic E-state index is 0.0313. The molecule has 1 N–H and O–H groups in total. The number of benzene rings is 2.